The molecule has 1 heterocycles. The molecule has 0 spiro atoms. The number of benzene rings is 10. The second-order valence-electron chi connectivity index (χ2n) is 13.9. The van der Waals surface area contributed by atoms with Crippen LogP contribution < -0.4 is 4.90 Å². The zero-order chi connectivity index (χ0) is 68.0. The van der Waals surface area contributed by atoms with E-state index >= 15 is 0 Å². The average Bonchev–Trinajstić information content (AvgIpc) is 1.35. The van der Waals surface area contributed by atoms with E-state index < -0.39 is 310 Å². The number of nitrogens with zero attached hydrogens (tertiary/aromatic N) is 1. The number of anilines is 3. The van der Waals surface area contributed by atoms with Crippen LogP contribution in [-0.2, 0) is 5.41 Å². The van der Waals surface area contributed by atoms with Crippen LogP contribution in [0.1, 0.15) is 70.2 Å². The summed E-state index contributed by atoms with van der Waals surface area (Å²) in [6.07, 6.45) is 0. The molecule has 0 aliphatic heterocycles. The molecule has 11 aromatic rings. The summed E-state index contributed by atoms with van der Waals surface area (Å²) >= 11 is 0. The lowest BCUT2D eigenvalue weighted by molar-refractivity contribution is 0.660. The minimum atomic E-state index is -1.78. The topological polar surface area (TPSA) is 16.4 Å². The van der Waals surface area contributed by atoms with E-state index in [2.05, 4.69) is 0 Å². The highest BCUT2D eigenvalue weighted by Crippen LogP contribution is 2.56. The predicted molar refractivity (Wildman–Crippen MR) is 249 cm³/mol. The second-order valence-corrected chi connectivity index (χ2v) is 13.9. The van der Waals surface area contributed by atoms with E-state index in [1.54, 1.807) is 0 Å². The fraction of sp³-hybridized carbons (Fsp3) is 0.0526. The molecule has 2 nitrogen and oxygen atoms in total. The Morgan fingerprint density at radius 3 is 1.95 bits per heavy atom. The molecular formula is C57H39NO. The smallest absolute Gasteiger partial charge is 0.145 e. The third-order valence-electron chi connectivity index (χ3n) is 10.3. The summed E-state index contributed by atoms with van der Waals surface area (Å²) in [5, 5.41) is -5.54. The van der Waals surface area contributed by atoms with Crippen molar-refractivity contribution >= 4 is 71.3 Å². The number of furan rings is 1. The van der Waals surface area contributed by atoms with E-state index in [0.717, 1.165) is 0 Å². The molecule has 1 aromatic heterocycles. The van der Waals surface area contributed by atoms with Crippen LogP contribution in [0.4, 0.5) is 17.1 Å². The zero-order valence-electron chi connectivity index (χ0n) is 63.4. The number of fused-ring (bicyclic) bond motifs is 10. The molecule has 1 aliphatic carbocycles. The van der Waals surface area contributed by atoms with Gasteiger partial charge in [0.15, 0.2) is 0 Å². The molecule has 0 bridgehead atoms. The van der Waals surface area contributed by atoms with Crippen molar-refractivity contribution in [2.45, 2.75) is 19.3 Å². The van der Waals surface area contributed by atoms with Crippen molar-refractivity contribution in [3.8, 4) is 33.4 Å². The molecule has 0 saturated heterocycles. The van der Waals surface area contributed by atoms with Gasteiger partial charge < -0.3 is 9.32 Å². The van der Waals surface area contributed by atoms with Crippen molar-refractivity contribution in [2.24, 2.45) is 0 Å². The van der Waals surface area contributed by atoms with Gasteiger partial charge in [-0.3, -0.25) is 0 Å². The van der Waals surface area contributed by atoms with Crippen LogP contribution in [0.5, 0.6) is 0 Å². The van der Waals surface area contributed by atoms with Gasteiger partial charge in [-0.15, -0.1) is 0 Å². The third kappa shape index (κ3) is 5.06. The molecule has 59 heavy (non-hydrogen) atoms. The number of rotatable bonds is 5. The van der Waals surface area contributed by atoms with Gasteiger partial charge in [0.1, 0.15) is 11.2 Å². The predicted octanol–water partition coefficient (Wildman–Crippen LogP) is 16.2. The van der Waals surface area contributed by atoms with Gasteiger partial charge in [-0.25, -0.2) is 0 Å². The highest BCUT2D eigenvalue weighted by atomic mass is 16.3. The Kier molecular flexibility index (Phi) is 3.13. The molecule has 0 amide bonds. The Morgan fingerprint density at radius 1 is 0.441 bits per heavy atom. The van der Waals surface area contributed by atoms with Crippen molar-refractivity contribution in [1.29, 1.82) is 0 Å². The normalized spacial score (nSPS) is 20.9. The molecule has 0 N–H and O–H groups in total. The van der Waals surface area contributed by atoms with Crippen LogP contribution in [0.15, 0.2) is 204 Å². The van der Waals surface area contributed by atoms with Gasteiger partial charge in [-0.2, -0.15) is 0 Å². The quantitative estimate of drug-likeness (QED) is 0.162. The Bertz CT molecular complexity index is 5390. The molecule has 2 heteroatoms. The second kappa shape index (κ2) is 12.8. The highest BCUT2D eigenvalue weighted by molar-refractivity contribution is 6.21. The van der Waals surface area contributed by atoms with Crippen LogP contribution in [0.2, 0.25) is 0 Å². The number of hydrogen-bond acceptors (Lipinski definition) is 2. The van der Waals surface area contributed by atoms with E-state index in [0.29, 0.717) is 4.90 Å². The fourth-order valence-electron chi connectivity index (χ4n) is 7.62. The maximum atomic E-state index is 10.4. The molecule has 0 atom stereocenters. The van der Waals surface area contributed by atoms with Crippen LogP contribution >= 0.6 is 0 Å². The third-order valence-corrected chi connectivity index (χ3v) is 10.3. The van der Waals surface area contributed by atoms with Gasteiger partial charge in [0, 0.05) is 27.6 Å². The molecular weight excluding hydrogens is 715 g/mol. The van der Waals surface area contributed by atoms with E-state index in [4.69, 9.17) is 25.0 Å². The van der Waals surface area contributed by atoms with E-state index in [-0.39, 0.29) is 11.1 Å². The zero-order valence-corrected chi connectivity index (χ0v) is 30.4. The van der Waals surface area contributed by atoms with Gasteiger partial charge >= 0.3 is 0 Å². The fourth-order valence-corrected chi connectivity index (χ4v) is 7.62. The Morgan fingerprint density at radius 2 is 1.10 bits per heavy atom. The molecule has 10 aromatic carbocycles. The van der Waals surface area contributed by atoms with E-state index in [1.165, 1.54) is 13.8 Å². The monoisotopic (exact) mass is 787 g/mol. The van der Waals surface area contributed by atoms with Crippen LogP contribution in [0, 0.1) is 0 Å². The standard InChI is InChI=1S/C57H39NO/c1-57(2)49-22-11-9-20-46(49)54-50(57)23-13-24-51(54)58(41-30-28-37(29-31-41)39-27-26-36-14-3-4-15-38(36)34-39)52-33-32-45(56-55(52)47-21-10-12-25-53(47)59-56)48-35-40-16-5-6-17-42(40)43-18-7-8-19-44(43)48/h3-35H,1-2H3/i3D,4D,5D,6D,7D,8D,9D,10D,11D,12D,13D,14D,15D,16D,17D,18D,19D,20D,21D,22D,23D,24D,25D,26D,27D,28D,29D,30D,31D,32D,33D,34D,35D. The summed E-state index contributed by atoms with van der Waals surface area (Å²) in [5.74, 6) is 0. The lowest BCUT2D eigenvalue weighted by Crippen LogP contribution is -2.16. The molecule has 0 fully saturated rings. The van der Waals surface area contributed by atoms with Gasteiger partial charge in [-0.05, 0) is 114 Å². The van der Waals surface area contributed by atoms with E-state index in [9.17, 15) is 24.7 Å². The molecule has 0 unspecified atom stereocenters. The first kappa shape index (κ1) is 14.4. The first-order valence-electron chi connectivity index (χ1n) is 34.3. The summed E-state index contributed by atoms with van der Waals surface area (Å²) < 4.78 is 312. The Hall–Kier alpha value is -7.42. The largest absolute Gasteiger partial charge is 0.455 e. The molecule has 278 valence electrons. The maximum Gasteiger partial charge on any atom is 0.145 e. The van der Waals surface area contributed by atoms with Crippen molar-refractivity contribution in [3.63, 3.8) is 0 Å². The summed E-state index contributed by atoms with van der Waals surface area (Å²) in [7, 11) is 0. The van der Waals surface area contributed by atoms with Gasteiger partial charge in [-0.1, -0.05) is 165 Å². The van der Waals surface area contributed by atoms with Crippen molar-refractivity contribution in [3.05, 3.63) is 211 Å². The first-order valence-corrected chi connectivity index (χ1v) is 17.8. The highest BCUT2D eigenvalue weighted by Gasteiger charge is 2.38. The van der Waals surface area contributed by atoms with Gasteiger partial charge in [0.2, 0.25) is 0 Å². The van der Waals surface area contributed by atoms with Gasteiger partial charge in [0.25, 0.3) is 0 Å². The van der Waals surface area contributed by atoms with Crippen molar-refractivity contribution in [1.82, 2.24) is 0 Å². The minimum absolute atomic E-state index is 0.246. The van der Waals surface area contributed by atoms with Crippen LogP contribution in [0.25, 0.3) is 87.6 Å². The summed E-state index contributed by atoms with van der Waals surface area (Å²) in [6, 6.07) is -32.5. The summed E-state index contributed by atoms with van der Waals surface area (Å²) in [5.41, 5.74) is -11.8. The number of para-hydroxylation sites is 1. The van der Waals surface area contributed by atoms with Crippen LogP contribution in [-0.4, -0.2) is 0 Å². The lowest BCUT2D eigenvalue weighted by atomic mass is 9.82. The summed E-state index contributed by atoms with van der Waals surface area (Å²) in [4.78, 5) is 0.553. The lowest BCUT2D eigenvalue weighted by Gasteiger charge is -2.30. The van der Waals surface area contributed by atoms with E-state index in [1.807, 2.05) is 0 Å². The average molecular weight is 787 g/mol. The SMILES string of the molecule is [2H]c1c([2H])c([2H])c2c(c1[2H])-c1c(N(c3c([2H])c([2H])c(-c4c([2H])c([2H])c5c([2H])c([2H])c([2H])c([2H])c5c4[2H])c([2H])c3[2H])c3c([2H])c([2H])c(-c4c([2H])c5c([2H])c([2H])c([2H])c([2H])c5c5c([2H])c([2H])c([2H])c([2H])c45)c4oc5c([2H])c([2H])c([2H])c([2H])c5c34)c([2H])c([2H])c([2H])c1C2(C)C. The Labute approximate surface area is 389 Å². The molecule has 12 rings (SSSR count). The summed E-state index contributed by atoms with van der Waals surface area (Å²) in [6.45, 7) is 2.82. The molecule has 0 radical (unpaired) electrons. The first-order chi connectivity index (χ1) is 42.8. The molecule has 1 aliphatic rings. The maximum absolute atomic E-state index is 10.4. The Balaban J connectivity index is 1.38. The number of hydrogen-bond donors (Lipinski definition) is 0. The molecule has 0 saturated carbocycles. The van der Waals surface area contributed by atoms with Crippen molar-refractivity contribution in [2.75, 3.05) is 4.90 Å². The minimum Gasteiger partial charge on any atom is -0.455 e. The van der Waals surface area contributed by atoms with Gasteiger partial charge in [0.05, 0.1) is 62.0 Å². The van der Waals surface area contributed by atoms with Crippen molar-refractivity contribution < 1.29 is 49.7 Å². The van der Waals surface area contributed by atoms with Crippen LogP contribution in [0.3, 0.4) is 0 Å².